The number of hydrogen-bond donors (Lipinski definition) is 4. The molecule has 2 aromatic carbocycles. The molecule has 1 fully saturated rings. The standard InChI is InChI=1S/C27H31NO9/c1-3-12-34-25(32)21(14-35-26-24(31)23(30)22(29)15(2)37-26)28-27(33)36-13-20-18-10-6-4-8-16(18)17-9-5-7-11-19(17)20/h3-11,15,20-24,26,29-31H,1,12-14H2,2H3,(H,28,33)/t15-,21-,22+,23+,24-,26+/m0/s1. The molecule has 1 aliphatic heterocycles. The van der Waals surface area contributed by atoms with Gasteiger partial charge < -0.3 is 39.6 Å². The second-order valence-corrected chi connectivity index (χ2v) is 8.96. The van der Waals surface area contributed by atoms with Crippen LogP contribution < -0.4 is 5.32 Å². The van der Waals surface area contributed by atoms with E-state index < -0.39 is 55.4 Å². The number of carbonyl (C=O) groups is 2. The van der Waals surface area contributed by atoms with E-state index in [1.807, 2.05) is 48.5 Å². The van der Waals surface area contributed by atoms with Crippen LogP contribution >= 0.6 is 0 Å². The summed E-state index contributed by atoms with van der Waals surface area (Å²) in [5.74, 6) is -0.979. The van der Waals surface area contributed by atoms with Gasteiger partial charge in [0.2, 0.25) is 0 Å². The number of aliphatic hydroxyl groups excluding tert-OH is 3. The van der Waals surface area contributed by atoms with Crippen molar-refractivity contribution in [2.45, 2.75) is 49.6 Å². The molecule has 0 spiro atoms. The molecule has 0 radical (unpaired) electrons. The van der Waals surface area contributed by atoms with Gasteiger partial charge >= 0.3 is 12.1 Å². The molecule has 198 valence electrons. The SMILES string of the molecule is C=CCOC(=O)[C@H](CO[C@@H]1O[C@@H](C)[C@@H](O)[C@@H](O)[C@@H]1O)NC(=O)OCC1c2ccccc2-c2ccccc21. The molecule has 1 amide bonds. The fraction of sp³-hybridized carbons (Fsp3) is 0.407. The molecule has 1 aliphatic carbocycles. The Morgan fingerprint density at radius 3 is 2.24 bits per heavy atom. The van der Waals surface area contributed by atoms with Crippen molar-refractivity contribution in [3.8, 4) is 11.1 Å². The first-order valence-corrected chi connectivity index (χ1v) is 12.0. The first-order valence-electron chi connectivity index (χ1n) is 12.0. The molecule has 4 N–H and O–H groups in total. The lowest BCUT2D eigenvalue weighted by atomic mass is 9.98. The normalized spacial score (nSPS) is 25.5. The van der Waals surface area contributed by atoms with Crippen LogP contribution in [0.4, 0.5) is 4.79 Å². The van der Waals surface area contributed by atoms with Crippen LogP contribution in [0, 0.1) is 0 Å². The van der Waals surface area contributed by atoms with Gasteiger partial charge in [0, 0.05) is 5.92 Å². The van der Waals surface area contributed by atoms with Gasteiger partial charge in [-0.05, 0) is 29.2 Å². The third-order valence-corrected chi connectivity index (χ3v) is 6.50. The number of hydrogen-bond acceptors (Lipinski definition) is 9. The van der Waals surface area contributed by atoms with Gasteiger partial charge in [0.1, 0.15) is 31.5 Å². The molecule has 1 saturated heterocycles. The Kier molecular flexibility index (Phi) is 8.57. The first kappa shape index (κ1) is 26.8. The van der Waals surface area contributed by atoms with Crippen LogP contribution in [0.5, 0.6) is 0 Å². The number of esters is 1. The van der Waals surface area contributed by atoms with Crippen molar-refractivity contribution < 1.29 is 43.9 Å². The molecule has 0 saturated carbocycles. The minimum absolute atomic E-state index is 0.0428. The van der Waals surface area contributed by atoms with Gasteiger partial charge in [-0.2, -0.15) is 0 Å². The fourth-order valence-electron chi connectivity index (χ4n) is 4.53. The molecule has 6 atom stereocenters. The van der Waals surface area contributed by atoms with E-state index in [-0.39, 0.29) is 19.1 Å². The summed E-state index contributed by atoms with van der Waals surface area (Å²) in [5.41, 5.74) is 4.25. The molecule has 10 heteroatoms. The van der Waals surface area contributed by atoms with Crippen molar-refractivity contribution in [2.24, 2.45) is 0 Å². The Morgan fingerprint density at radius 1 is 1.00 bits per heavy atom. The second kappa shape index (κ2) is 11.8. The summed E-state index contributed by atoms with van der Waals surface area (Å²) in [4.78, 5) is 25.3. The molecule has 10 nitrogen and oxygen atoms in total. The summed E-state index contributed by atoms with van der Waals surface area (Å²) >= 11 is 0. The number of rotatable bonds is 9. The summed E-state index contributed by atoms with van der Waals surface area (Å²) in [5, 5.41) is 32.4. The largest absolute Gasteiger partial charge is 0.460 e. The Labute approximate surface area is 214 Å². The number of amides is 1. The maximum absolute atomic E-state index is 12.7. The second-order valence-electron chi connectivity index (χ2n) is 8.96. The number of benzene rings is 2. The molecule has 1 heterocycles. The van der Waals surface area contributed by atoms with E-state index in [1.54, 1.807) is 0 Å². The first-order chi connectivity index (χ1) is 17.8. The van der Waals surface area contributed by atoms with Crippen molar-refractivity contribution in [2.75, 3.05) is 19.8 Å². The van der Waals surface area contributed by atoms with Gasteiger partial charge in [-0.25, -0.2) is 9.59 Å². The topological polar surface area (TPSA) is 144 Å². The zero-order chi connectivity index (χ0) is 26.5. The van der Waals surface area contributed by atoms with Crippen LogP contribution in [0.1, 0.15) is 24.0 Å². The molecular formula is C27H31NO9. The van der Waals surface area contributed by atoms with Crippen LogP contribution in [0.2, 0.25) is 0 Å². The van der Waals surface area contributed by atoms with Gasteiger partial charge in [-0.1, -0.05) is 61.2 Å². The monoisotopic (exact) mass is 513 g/mol. The zero-order valence-corrected chi connectivity index (χ0v) is 20.4. The molecule has 2 aliphatic rings. The Morgan fingerprint density at radius 2 is 1.62 bits per heavy atom. The molecule has 4 rings (SSSR count). The maximum atomic E-state index is 12.7. The van der Waals surface area contributed by atoms with E-state index in [2.05, 4.69) is 11.9 Å². The Balaban J connectivity index is 1.39. The number of ether oxygens (including phenoxy) is 4. The van der Waals surface area contributed by atoms with Crippen LogP contribution in [0.25, 0.3) is 11.1 Å². The lowest BCUT2D eigenvalue weighted by Gasteiger charge is -2.39. The van der Waals surface area contributed by atoms with Gasteiger partial charge in [0.15, 0.2) is 12.3 Å². The lowest BCUT2D eigenvalue weighted by molar-refractivity contribution is -0.294. The van der Waals surface area contributed by atoms with Crippen molar-refractivity contribution in [3.05, 3.63) is 72.3 Å². The summed E-state index contributed by atoms with van der Waals surface area (Å²) in [6.45, 7) is 4.50. The van der Waals surface area contributed by atoms with Crippen LogP contribution in [0.15, 0.2) is 61.2 Å². The Hall–Kier alpha value is -3.28. The average Bonchev–Trinajstić information content (AvgIpc) is 3.23. The lowest BCUT2D eigenvalue weighted by Crippen LogP contribution is -2.58. The highest BCUT2D eigenvalue weighted by molar-refractivity contribution is 5.82. The third-order valence-electron chi connectivity index (χ3n) is 6.50. The van der Waals surface area contributed by atoms with E-state index in [0.29, 0.717) is 0 Å². The van der Waals surface area contributed by atoms with Gasteiger partial charge in [0.05, 0.1) is 12.7 Å². The van der Waals surface area contributed by atoms with Crippen molar-refractivity contribution in [3.63, 3.8) is 0 Å². The van der Waals surface area contributed by atoms with E-state index in [4.69, 9.17) is 18.9 Å². The number of aliphatic hydroxyl groups is 3. The van der Waals surface area contributed by atoms with Gasteiger partial charge in [-0.15, -0.1) is 0 Å². The highest BCUT2D eigenvalue weighted by Crippen LogP contribution is 2.44. The Bertz CT molecular complexity index is 1080. The van der Waals surface area contributed by atoms with Crippen molar-refractivity contribution >= 4 is 12.1 Å². The highest BCUT2D eigenvalue weighted by Gasteiger charge is 2.43. The van der Waals surface area contributed by atoms with Crippen LogP contribution in [0.3, 0.4) is 0 Å². The fourth-order valence-corrected chi connectivity index (χ4v) is 4.53. The van der Waals surface area contributed by atoms with Crippen LogP contribution in [-0.2, 0) is 23.7 Å². The van der Waals surface area contributed by atoms with E-state index in [0.717, 1.165) is 22.3 Å². The van der Waals surface area contributed by atoms with Crippen LogP contribution in [-0.4, -0.2) is 84.0 Å². The number of fused-ring (bicyclic) bond motifs is 3. The summed E-state index contributed by atoms with van der Waals surface area (Å²) < 4.78 is 21.4. The molecule has 37 heavy (non-hydrogen) atoms. The predicted molar refractivity (Wildman–Crippen MR) is 131 cm³/mol. The zero-order valence-electron chi connectivity index (χ0n) is 20.4. The number of alkyl carbamates (subject to hydrolysis) is 1. The molecular weight excluding hydrogens is 482 g/mol. The van der Waals surface area contributed by atoms with Crippen molar-refractivity contribution in [1.29, 1.82) is 0 Å². The smallest absolute Gasteiger partial charge is 0.407 e. The quantitative estimate of drug-likeness (QED) is 0.289. The minimum atomic E-state index is -1.56. The van der Waals surface area contributed by atoms with Crippen molar-refractivity contribution in [1.82, 2.24) is 5.32 Å². The average molecular weight is 514 g/mol. The summed E-state index contributed by atoms with van der Waals surface area (Å²) in [7, 11) is 0. The molecule has 0 aromatic heterocycles. The number of nitrogens with one attached hydrogen (secondary N) is 1. The number of carbonyl (C=O) groups excluding carboxylic acids is 2. The molecule has 0 bridgehead atoms. The predicted octanol–water partition coefficient (Wildman–Crippen LogP) is 1.47. The minimum Gasteiger partial charge on any atom is -0.460 e. The van der Waals surface area contributed by atoms with E-state index >= 15 is 0 Å². The van der Waals surface area contributed by atoms with E-state index in [1.165, 1.54) is 13.0 Å². The third kappa shape index (κ3) is 5.84. The summed E-state index contributed by atoms with van der Waals surface area (Å²) in [6, 6.07) is 14.5. The van der Waals surface area contributed by atoms with E-state index in [9.17, 15) is 24.9 Å². The van der Waals surface area contributed by atoms with Gasteiger partial charge in [0.25, 0.3) is 0 Å². The molecule has 0 unspecified atom stereocenters. The summed E-state index contributed by atoms with van der Waals surface area (Å²) in [6.07, 6.45) is -6.03. The van der Waals surface area contributed by atoms with Gasteiger partial charge in [-0.3, -0.25) is 0 Å². The highest BCUT2D eigenvalue weighted by atomic mass is 16.7. The maximum Gasteiger partial charge on any atom is 0.407 e. The molecule has 2 aromatic rings.